The molecular weight excluding hydrogens is 466 g/mol. The molecule has 0 fully saturated rings. The largest absolute Gasteiger partial charge is 1.00 e. The predicted octanol–water partition coefficient (Wildman–Crippen LogP) is -2.28. The third kappa shape index (κ3) is 6.97. The van der Waals surface area contributed by atoms with Gasteiger partial charge in [0.2, 0.25) is 0 Å². The van der Waals surface area contributed by atoms with Gasteiger partial charge >= 0.3 is 59.1 Å². The molecular formula is C18H14N2Na2O7S2. The Hall–Kier alpha value is -0.540. The van der Waals surface area contributed by atoms with Crippen LogP contribution in [0.4, 0.5) is 11.4 Å². The minimum atomic E-state index is -4.69. The summed E-state index contributed by atoms with van der Waals surface area (Å²) in [5.74, 6) is -0.331. The van der Waals surface area contributed by atoms with Crippen LogP contribution in [0.3, 0.4) is 0 Å². The average Bonchev–Trinajstić information content (AvgIpc) is 2.66. The topological polar surface area (TPSA) is 144 Å². The number of phenols is 1. The number of azo groups is 1. The molecule has 0 bridgehead atoms. The van der Waals surface area contributed by atoms with Crippen molar-refractivity contribution in [3.63, 3.8) is 0 Å². The normalized spacial score (nSPS) is 11.4. The summed E-state index contributed by atoms with van der Waals surface area (Å²) < 4.78 is 38.1. The van der Waals surface area contributed by atoms with Crippen LogP contribution in [0, 0.1) is 13.8 Å². The first kappa shape index (κ1) is 28.5. The summed E-state index contributed by atoms with van der Waals surface area (Å²) in [5, 5.41) is 32.9. The summed E-state index contributed by atoms with van der Waals surface area (Å²) in [6.45, 7) is 3.80. The molecule has 152 valence electrons. The van der Waals surface area contributed by atoms with Gasteiger partial charge in [0.25, 0.3) is 0 Å². The zero-order valence-corrected chi connectivity index (χ0v) is 22.8. The van der Waals surface area contributed by atoms with E-state index in [1.807, 2.05) is 26.0 Å². The fraction of sp³-hybridized carbons (Fsp3) is 0.111. The molecule has 0 aliphatic rings. The molecule has 13 heteroatoms. The first-order valence-corrected chi connectivity index (χ1v) is 10.2. The Morgan fingerprint density at radius 1 is 1.03 bits per heavy atom. The van der Waals surface area contributed by atoms with Gasteiger partial charge in [-0.2, -0.15) is 9.45 Å². The number of fused-ring (bicyclic) bond motifs is 1. The van der Waals surface area contributed by atoms with E-state index in [2.05, 4.69) is 19.6 Å². The number of benzene rings is 3. The van der Waals surface area contributed by atoms with Gasteiger partial charge in [-0.1, -0.05) is 17.7 Å². The Bertz CT molecular complexity index is 1220. The summed E-state index contributed by atoms with van der Waals surface area (Å²) in [6, 6.07) is 10.4. The van der Waals surface area contributed by atoms with E-state index in [4.69, 9.17) is 0 Å². The maximum atomic E-state index is 11.3. The van der Waals surface area contributed by atoms with E-state index in [0.29, 0.717) is 17.7 Å². The predicted molar refractivity (Wildman–Crippen MR) is 102 cm³/mol. The zero-order valence-electron chi connectivity index (χ0n) is 17.1. The van der Waals surface area contributed by atoms with E-state index in [9.17, 15) is 23.3 Å². The fourth-order valence-electron chi connectivity index (χ4n) is 2.72. The Morgan fingerprint density at radius 2 is 1.74 bits per heavy atom. The molecule has 0 radical (unpaired) electrons. The average molecular weight is 480 g/mol. The monoisotopic (exact) mass is 480 g/mol. The van der Waals surface area contributed by atoms with Crippen LogP contribution in [-0.2, 0) is 19.5 Å². The van der Waals surface area contributed by atoms with Crippen LogP contribution >= 0.6 is 12.0 Å². The van der Waals surface area contributed by atoms with Crippen molar-refractivity contribution < 1.29 is 91.8 Å². The van der Waals surface area contributed by atoms with E-state index in [1.165, 1.54) is 12.1 Å². The van der Waals surface area contributed by atoms with Crippen LogP contribution in [0.25, 0.3) is 10.8 Å². The molecule has 0 amide bonds. The molecule has 0 atom stereocenters. The second-order valence-electron chi connectivity index (χ2n) is 6.12. The molecule has 0 spiro atoms. The van der Waals surface area contributed by atoms with Crippen molar-refractivity contribution in [2.24, 2.45) is 10.2 Å². The second-order valence-corrected chi connectivity index (χ2v) is 8.24. The number of aryl methyl sites for hydroxylation is 2. The van der Waals surface area contributed by atoms with Gasteiger partial charge in [0.1, 0.15) is 15.8 Å². The second kappa shape index (κ2) is 12.1. The van der Waals surface area contributed by atoms with Crippen molar-refractivity contribution in [3.8, 4) is 5.75 Å². The van der Waals surface area contributed by atoms with E-state index in [-0.39, 0.29) is 86.2 Å². The first-order valence-electron chi connectivity index (χ1n) is 8.08. The van der Waals surface area contributed by atoms with Gasteiger partial charge < -0.3 is 14.9 Å². The summed E-state index contributed by atoms with van der Waals surface area (Å²) >= 11 is 0.455. The van der Waals surface area contributed by atoms with Gasteiger partial charge in [0.15, 0.2) is 5.75 Å². The Labute approximate surface area is 227 Å². The van der Waals surface area contributed by atoms with E-state index in [1.54, 1.807) is 6.07 Å². The molecule has 0 unspecified atom stereocenters. The van der Waals surface area contributed by atoms with Crippen molar-refractivity contribution in [3.05, 3.63) is 53.6 Å². The molecule has 0 aromatic heterocycles. The summed E-state index contributed by atoms with van der Waals surface area (Å²) in [4.78, 5) is -0.342. The Morgan fingerprint density at radius 3 is 2.35 bits per heavy atom. The molecule has 0 aliphatic carbocycles. The van der Waals surface area contributed by atoms with Crippen LogP contribution in [0.1, 0.15) is 11.1 Å². The molecule has 9 nitrogen and oxygen atoms in total. The Kier molecular flexibility index (Phi) is 11.1. The molecule has 0 heterocycles. The number of phenolic OH excluding ortho intramolecular Hbond substituents is 1. The van der Waals surface area contributed by atoms with E-state index in [0.717, 1.165) is 23.3 Å². The summed E-state index contributed by atoms with van der Waals surface area (Å²) in [7, 11) is -4.69. The van der Waals surface area contributed by atoms with E-state index < -0.39 is 15.0 Å². The van der Waals surface area contributed by atoms with Crippen LogP contribution in [0.15, 0.2) is 62.5 Å². The van der Waals surface area contributed by atoms with Gasteiger partial charge in [-0.3, -0.25) is 5.04 Å². The molecule has 3 aromatic rings. The minimum Gasteiger partial charge on any atom is -0.744 e. The molecule has 31 heavy (non-hydrogen) atoms. The van der Waals surface area contributed by atoms with Crippen molar-refractivity contribution in [2.45, 2.75) is 23.6 Å². The third-order valence-electron chi connectivity index (χ3n) is 4.07. The number of hydrogen-bond acceptors (Lipinski definition) is 10. The maximum Gasteiger partial charge on any atom is 1.00 e. The van der Waals surface area contributed by atoms with Gasteiger partial charge in [-0.15, -0.1) is 5.11 Å². The van der Waals surface area contributed by atoms with Gasteiger partial charge in [-0.25, -0.2) is 8.42 Å². The molecule has 3 rings (SSSR count). The van der Waals surface area contributed by atoms with E-state index >= 15 is 0 Å². The fourth-order valence-corrected chi connectivity index (χ4v) is 3.72. The number of aromatic hydroxyl groups is 1. The zero-order chi connectivity index (χ0) is 21.2. The quantitative estimate of drug-likeness (QED) is 0.104. The maximum absolute atomic E-state index is 11.3. The standard InChI is InChI=1S/C18H16N2O7S2.2Na/c1-10-3-6-15(11(2)7-10)19-20-17-16(28-27-26-22)9-12-8-13(29(23,24)25)4-5-14(12)18(17)21;;/h3-9,21-22H,1-2H3,(H,23,24,25);;/q;2*+1/p-2. The summed E-state index contributed by atoms with van der Waals surface area (Å²) in [6.07, 6.45) is 0. The van der Waals surface area contributed by atoms with Crippen LogP contribution in [0.5, 0.6) is 5.75 Å². The van der Waals surface area contributed by atoms with Crippen LogP contribution in [0.2, 0.25) is 0 Å². The summed E-state index contributed by atoms with van der Waals surface area (Å²) in [5.41, 5.74) is 2.47. The SMILES string of the molecule is Cc1ccc(N=Nc2c(SOO[O-])cc3cc(S(=O)(=O)[O-])ccc3c2O)c(C)c1.[Na+].[Na+]. The smallest absolute Gasteiger partial charge is 0.744 e. The third-order valence-corrected chi connectivity index (χ3v) is 5.52. The number of hydrogen-bond donors (Lipinski definition) is 1. The molecule has 0 saturated heterocycles. The molecule has 0 aliphatic heterocycles. The molecule has 1 N–H and O–H groups in total. The van der Waals surface area contributed by atoms with Crippen LogP contribution in [-0.4, -0.2) is 18.1 Å². The van der Waals surface area contributed by atoms with Gasteiger partial charge in [-0.05, 0) is 55.1 Å². The Balaban J connectivity index is 0.00000240. The minimum absolute atomic E-state index is 0. The molecule has 3 aromatic carbocycles. The number of nitrogens with zero attached hydrogens (tertiary/aromatic N) is 2. The van der Waals surface area contributed by atoms with Crippen LogP contribution < -0.4 is 64.4 Å². The number of rotatable bonds is 6. The van der Waals surface area contributed by atoms with Crippen molar-refractivity contribution in [1.29, 1.82) is 0 Å². The van der Waals surface area contributed by atoms with Gasteiger partial charge in [0.05, 0.1) is 27.5 Å². The first-order chi connectivity index (χ1) is 13.7. The van der Waals surface area contributed by atoms with Gasteiger partial charge in [0, 0.05) is 5.39 Å². The molecule has 0 saturated carbocycles. The van der Waals surface area contributed by atoms with Crippen molar-refractivity contribution in [2.75, 3.05) is 0 Å². The van der Waals surface area contributed by atoms with Crippen molar-refractivity contribution >= 4 is 44.3 Å². The van der Waals surface area contributed by atoms with Crippen molar-refractivity contribution in [1.82, 2.24) is 0 Å².